The maximum Gasteiger partial charge on any atom is 0.223 e. The number of hydrogen-bond acceptors (Lipinski definition) is 4. The molecule has 128 valence electrons. The van der Waals surface area contributed by atoms with Crippen LogP contribution in [-0.2, 0) is 17.8 Å². The molecule has 0 bridgehead atoms. The topological polar surface area (TPSA) is 54.7 Å². The first-order chi connectivity index (χ1) is 11.0. The highest BCUT2D eigenvalue weighted by atomic mass is 16.5. The van der Waals surface area contributed by atoms with Crippen molar-refractivity contribution in [3.63, 3.8) is 0 Å². The zero-order valence-electron chi connectivity index (χ0n) is 14.2. The van der Waals surface area contributed by atoms with E-state index in [2.05, 4.69) is 18.1 Å². The quantitative estimate of drug-likeness (QED) is 0.503. The van der Waals surface area contributed by atoms with Crippen LogP contribution >= 0.6 is 0 Å². The Bertz CT molecular complexity index is 554. The van der Waals surface area contributed by atoms with E-state index in [4.69, 9.17) is 4.74 Å². The maximum absolute atomic E-state index is 11.8. The van der Waals surface area contributed by atoms with E-state index in [0.29, 0.717) is 32.8 Å². The molecule has 5 nitrogen and oxygen atoms in total. The minimum absolute atomic E-state index is 0.201. The number of rotatable bonds is 11. The van der Waals surface area contributed by atoms with Crippen molar-refractivity contribution in [3.8, 4) is 5.75 Å². The third-order valence-corrected chi connectivity index (χ3v) is 3.35. The summed E-state index contributed by atoms with van der Waals surface area (Å²) >= 11 is 0. The number of aromatic hydroxyl groups is 1. The molecule has 0 amide bonds. The fourth-order valence-electron chi connectivity index (χ4n) is 2.30. The van der Waals surface area contributed by atoms with Crippen LogP contribution in [0.2, 0.25) is 0 Å². The molecule has 0 saturated carbocycles. The van der Waals surface area contributed by atoms with Crippen molar-refractivity contribution in [3.05, 3.63) is 53.5 Å². The zero-order chi connectivity index (χ0) is 17.2. The summed E-state index contributed by atoms with van der Waals surface area (Å²) in [5, 5.41) is 9.70. The molecule has 0 atom stereocenters. The number of hydrogen-bond donors (Lipinski definition) is 1. The molecule has 0 aliphatic carbocycles. The Morgan fingerprint density at radius 2 is 2.00 bits per heavy atom. The Kier molecular flexibility index (Phi) is 8.37. The van der Waals surface area contributed by atoms with Crippen molar-refractivity contribution in [2.24, 2.45) is 0 Å². The van der Waals surface area contributed by atoms with Gasteiger partial charge in [0.25, 0.3) is 0 Å². The molecule has 0 fully saturated rings. The molecular formula is C18H28N2O3. The van der Waals surface area contributed by atoms with E-state index < -0.39 is 0 Å². The second-order valence-electron chi connectivity index (χ2n) is 5.75. The van der Waals surface area contributed by atoms with Crippen LogP contribution in [0.4, 0.5) is 0 Å². The van der Waals surface area contributed by atoms with Crippen LogP contribution in [0.25, 0.3) is 0 Å². The number of aryl methyl sites for hydroxylation is 1. The van der Waals surface area contributed by atoms with Gasteiger partial charge in [0, 0.05) is 44.5 Å². The third-order valence-electron chi connectivity index (χ3n) is 3.35. The summed E-state index contributed by atoms with van der Waals surface area (Å²) in [6.07, 6.45) is 6.17. The molecule has 0 aliphatic heterocycles. The fourth-order valence-corrected chi connectivity index (χ4v) is 2.30. The first kappa shape index (κ1) is 19.2. The lowest BCUT2D eigenvalue weighted by molar-refractivity contribution is 0.0746. The van der Waals surface area contributed by atoms with Gasteiger partial charge in [0.2, 0.25) is 5.43 Å². The fraction of sp³-hybridized carbons (Fsp3) is 0.500. The SMILES string of the molecule is C=CCN(CC=C)Cc1cc(=O)c(O)cn1CCCOC(C)C. The Labute approximate surface area is 138 Å². The number of ether oxygens (including phenoxy) is 1. The average molecular weight is 320 g/mol. The molecular weight excluding hydrogens is 292 g/mol. The molecule has 0 saturated heterocycles. The van der Waals surface area contributed by atoms with Crippen molar-refractivity contribution < 1.29 is 9.84 Å². The van der Waals surface area contributed by atoms with E-state index in [9.17, 15) is 9.90 Å². The molecule has 5 heteroatoms. The summed E-state index contributed by atoms with van der Waals surface area (Å²) in [6.45, 7) is 14.8. The molecule has 23 heavy (non-hydrogen) atoms. The van der Waals surface area contributed by atoms with Crippen molar-refractivity contribution >= 4 is 0 Å². The predicted octanol–water partition coefficient (Wildman–Crippen LogP) is 2.54. The van der Waals surface area contributed by atoms with E-state index in [1.165, 1.54) is 12.3 Å². The van der Waals surface area contributed by atoms with Crippen LogP contribution in [0.5, 0.6) is 5.75 Å². The van der Waals surface area contributed by atoms with Gasteiger partial charge in [-0.15, -0.1) is 13.2 Å². The standard InChI is InChI=1S/C18H28N2O3/c1-5-8-19(9-6-2)13-16-12-17(21)18(22)14-20(16)10-7-11-23-15(3)4/h5-6,12,14-15,22H,1-2,7-11,13H2,3-4H3. The Balaban J connectivity index is 2.86. The molecule has 1 rings (SSSR count). The van der Waals surface area contributed by atoms with E-state index in [1.807, 2.05) is 30.6 Å². The Morgan fingerprint density at radius 3 is 2.57 bits per heavy atom. The molecule has 0 unspecified atom stereocenters. The first-order valence-electron chi connectivity index (χ1n) is 7.96. The highest BCUT2D eigenvalue weighted by molar-refractivity contribution is 5.20. The molecule has 0 aromatic carbocycles. The van der Waals surface area contributed by atoms with Gasteiger partial charge < -0.3 is 14.4 Å². The molecule has 0 spiro atoms. The molecule has 1 heterocycles. The van der Waals surface area contributed by atoms with Crippen molar-refractivity contribution in [1.29, 1.82) is 0 Å². The van der Waals surface area contributed by atoms with Crippen LogP contribution in [0.3, 0.4) is 0 Å². The monoisotopic (exact) mass is 320 g/mol. The van der Waals surface area contributed by atoms with E-state index in [1.54, 1.807) is 0 Å². The van der Waals surface area contributed by atoms with E-state index in [-0.39, 0.29) is 17.3 Å². The molecule has 1 N–H and O–H groups in total. The van der Waals surface area contributed by atoms with Gasteiger partial charge in [-0.2, -0.15) is 0 Å². The third kappa shape index (κ3) is 6.84. The molecule has 1 aromatic heterocycles. The second-order valence-corrected chi connectivity index (χ2v) is 5.75. The Hall–Kier alpha value is -1.85. The van der Waals surface area contributed by atoms with Gasteiger partial charge in [-0.25, -0.2) is 0 Å². The summed E-state index contributed by atoms with van der Waals surface area (Å²) in [6, 6.07) is 1.50. The predicted molar refractivity (Wildman–Crippen MR) is 93.7 cm³/mol. The number of nitrogens with zero attached hydrogens (tertiary/aromatic N) is 2. The summed E-state index contributed by atoms with van der Waals surface area (Å²) < 4.78 is 7.46. The molecule has 0 aliphatic rings. The van der Waals surface area contributed by atoms with Crippen molar-refractivity contribution in [1.82, 2.24) is 9.47 Å². The highest BCUT2D eigenvalue weighted by Gasteiger charge is 2.10. The lowest BCUT2D eigenvalue weighted by Gasteiger charge is -2.22. The summed E-state index contributed by atoms with van der Waals surface area (Å²) in [7, 11) is 0. The minimum Gasteiger partial charge on any atom is -0.503 e. The first-order valence-corrected chi connectivity index (χ1v) is 7.96. The van der Waals surface area contributed by atoms with Crippen LogP contribution in [0.15, 0.2) is 42.4 Å². The van der Waals surface area contributed by atoms with Gasteiger partial charge in [0.15, 0.2) is 5.75 Å². The zero-order valence-corrected chi connectivity index (χ0v) is 14.2. The summed E-state index contributed by atoms with van der Waals surface area (Å²) in [4.78, 5) is 13.9. The van der Waals surface area contributed by atoms with Crippen molar-refractivity contribution in [2.45, 2.75) is 39.5 Å². The summed E-state index contributed by atoms with van der Waals surface area (Å²) in [5.74, 6) is -0.225. The van der Waals surface area contributed by atoms with Gasteiger partial charge >= 0.3 is 0 Å². The Morgan fingerprint density at radius 1 is 1.35 bits per heavy atom. The van der Waals surface area contributed by atoms with Gasteiger partial charge in [0.1, 0.15) is 0 Å². The van der Waals surface area contributed by atoms with Gasteiger partial charge in [-0.3, -0.25) is 9.69 Å². The highest BCUT2D eigenvalue weighted by Crippen LogP contribution is 2.10. The normalized spacial score (nSPS) is 11.1. The van der Waals surface area contributed by atoms with Crippen LogP contribution < -0.4 is 5.43 Å². The molecule has 1 aromatic rings. The lowest BCUT2D eigenvalue weighted by Crippen LogP contribution is -2.26. The van der Waals surface area contributed by atoms with Crippen molar-refractivity contribution in [2.75, 3.05) is 19.7 Å². The van der Waals surface area contributed by atoms with Crippen LogP contribution in [0.1, 0.15) is 26.0 Å². The largest absolute Gasteiger partial charge is 0.503 e. The van der Waals surface area contributed by atoms with E-state index in [0.717, 1.165) is 12.1 Å². The smallest absolute Gasteiger partial charge is 0.223 e. The van der Waals surface area contributed by atoms with E-state index >= 15 is 0 Å². The minimum atomic E-state index is -0.355. The average Bonchev–Trinajstić information content (AvgIpc) is 2.48. The lowest BCUT2D eigenvalue weighted by atomic mass is 10.2. The van der Waals surface area contributed by atoms with Crippen LogP contribution in [0, 0.1) is 0 Å². The van der Waals surface area contributed by atoms with Gasteiger partial charge in [0.05, 0.1) is 12.3 Å². The van der Waals surface area contributed by atoms with Gasteiger partial charge in [-0.05, 0) is 20.3 Å². The maximum atomic E-state index is 11.8. The summed E-state index contributed by atoms with van der Waals surface area (Å²) in [5.41, 5.74) is 0.507. The van der Waals surface area contributed by atoms with Crippen LogP contribution in [-0.4, -0.2) is 40.4 Å². The number of aromatic nitrogens is 1. The second kappa shape index (κ2) is 10.0. The number of pyridine rings is 1. The van der Waals surface area contributed by atoms with Gasteiger partial charge in [-0.1, -0.05) is 12.2 Å². The molecule has 0 radical (unpaired) electrons.